The van der Waals surface area contributed by atoms with Gasteiger partial charge in [0.15, 0.2) is 0 Å². The molecule has 1 rings (SSSR count). The van der Waals surface area contributed by atoms with Gasteiger partial charge in [-0.3, -0.25) is 0 Å². The number of allylic oxidation sites excluding steroid dienone is 1. The molecule has 0 amide bonds. The van der Waals surface area contributed by atoms with Crippen LogP contribution < -0.4 is 11.5 Å². The summed E-state index contributed by atoms with van der Waals surface area (Å²) in [6, 6.07) is 0.673. The average Bonchev–Trinajstić information content (AvgIpc) is 2.37. The summed E-state index contributed by atoms with van der Waals surface area (Å²) in [5.41, 5.74) is 13.3. The molecule has 0 bridgehead atoms. The maximum absolute atomic E-state index is 5.98. The molecule has 0 aromatic carbocycles. The lowest BCUT2D eigenvalue weighted by molar-refractivity contribution is 0.590. The summed E-state index contributed by atoms with van der Waals surface area (Å²) >= 11 is 0. The molecule has 0 saturated carbocycles. The van der Waals surface area contributed by atoms with E-state index in [2.05, 4.69) is 13.0 Å². The van der Waals surface area contributed by atoms with Crippen molar-refractivity contribution in [2.45, 2.75) is 70.4 Å². The summed E-state index contributed by atoms with van der Waals surface area (Å²) in [6.07, 6.45) is 12.3. The molecule has 0 aromatic rings. The van der Waals surface area contributed by atoms with Gasteiger partial charge < -0.3 is 11.5 Å². The zero-order valence-electron chi connectivity index (χ0n) is 10.0. The highest BCUT2D eigenvalue weighted by atomic mass is 14.6. The van der Waals surface area contributed by atoms with E-state index in [4.69, 9.17) is 11.5 Å². The van der Waals surface area contributed by atoms with Crippen molar-refractivity contribution >= 4 is 0 Å². The Balaban J connectivity index is 2.18. The molecule has 2 atom stereocenters. The third-order valence-electron chi connectivity index (χ3n) is 3.14. The molecular formula is C13H26N2. The highest BCUT2D eigenvalue weighted by Gasteiger charge is 2.07. The van der Waals surface area contributed by atoms with Gasteiger partial charge in [0.1, 0.15) is 0 Å². The molecule has 0 radical (unpaired) electrons. The van der Waals surface area contributed by atoms with E-state index in [-0.39, 0.29) is 0 Å². The van der Waals surface area contributed by atoms with Crippen molar-refractivity contribution in [3.63, 3.8) is 0 Å². The molecule has 4 N–H and O–H groups in total. The minimum Gasteiger partial charge on any atom is -0.328 e. The molecule has 2 heteroatoms. The van der Waals surface area contributed by atoms with E-state index in [9.17, 15) is 0 Å². The van der Waals surface area contributed by atoms with Crippen LogP contribution in [0.5, 0.6) is 0 Å². The highest BCUT2D eigenvalue weighted by molar-refractivity contribution is 5.08. The predicted octanol–water partition coefficient (Wildman–Crippen LogP) is 2.72. The fourth-order valence-electron chi connectivity index (χ4n) is 2.23. The largest absolute Gasteiger partial charge is 0.328 e. The van der Waals surface area contributed by atoms with Gasteiger partial charge in [-0.25, -0.2) is 0 Å². The minimum absolute atomic E-state index is 0.316. The van der Waals surface area contributed by atoms with Crippen molar-refractivity contribution in [1.29, 1.82) is 0 Å². The first-order valence-electron chi connectivity index (χ1n) is 6.39. The van der Waals surface area contributed by atoms with E-state index in [1.54, 1.807) is 5.57 Å². The topological polar surface area (TPSA) is 52.0 Å². The van der Waals surface area contributed by atoms with Crippen LogP contribution in [0.25, 0.3) is 0 Å². The highest BCUT2D eigenvalue weighted by Crippen LogP contribution is 2.21. The summed E-state index contributed by atoms with van der Waals surface area (Å²) in [5, 5.41) is 0. The average molecular weight is 210 g/mol. The molecule has 1 aliphatic carbocycles. The van der Waals surface area contributed by atoms with Crippen LogP contribution in [0.2, 0.25) is 0 Å². The Labute approximate surface area is 94.1 Å². The fourth-order valence-corrected chi connectivity index (χ4v) is 2.23. The van der Waals surface area contributed by atoms with E-state index in [1.165, 1.54) is 44.9 Å². The quantitative estimate of drug-likeness (QED) is 0.541. The summed E-state index contributed by atoms with van der Waals surface area (Å²) < 4.78 is 0. The van der Waals surface area contributed by atoms with Gasteiger partial charge >= 0.3 is 0 Å². The minimum atomic E-state index is 0.316. The third kappa shape index (κ3) is 5.95. The van der Waals surface area contributed by atoms with Crippen molar-refractivity contribution in [1.82, 2.24) is 0 Å². The molecule has 0 saturated heterocycles. The molecule has 0 heterocycles. The summed E-state index contributed by atoms with van der Waals surface area (Å²) in [6.45, 7) is 2.08. The number of nitrogens with two attached hydrogens (primary N) is 2. The maximum Gasteiger partial charge on any atom is 0.0226 e. The van der Waals surface area contributed by atoms with Crippen LogP contribution in [-0.4, -0.2) is 12.1 Å². The van der Waals surface area contributed by atoms with Gasteiger partial charge in [-0.05, 0) is 45.4 Å². The maximum atomic E-state index is 5.98. The van der Waals surface area contributed by atoms with Crippen molar-refractivity contribution in [3.05, 3.63) is 11.6 Å². The molecule has 2 nitrogen and oxygen atoms in total. The Morgan fingerprint density at radius 3 is 2.93 bits per heavy atom. The first-order chi connectivity index (χ1) is 7.18. The molecule has 88 valence electrons. The molecular weight excluding hydrogens is 184 g/mol. The van der Waals surface area contributed by atoms with Crippen LogP contribution in [0.1, 0.15) is 58.3 Å². The molecule has 0 aliphatic heterocycles. The Morgan fingerprint density at radius 1 is 1.40 bits per heavy atom. The third-order valence-corrected chi connectivity index (χ3v) is 3.14. The van der Waals surface area contributed by atoms with E-state index in [1.807, 2.05) is 0 Å². The molecule has 2 unspecified atom stereocenters. The zero-order chi connectivity index (χ0) is 11.1. The number of hydrogen-bond donors (Lipinski definition) is 2. The van der Waals surface area contributed by atoms with E-state index in [0.29, 0.717) is 12.1 Å². The summed E-state index contributed by atoms with van der Waals surface area (Å²) in [5.74, 6) is 0. The van der Waals surface area contributed by atoms with Crippen LogP contribution in [0.4, 0.5) is 0 Å². The van der Waals surface area contributed by atoms with Crippen molar-refractivity contribution < 1.29 is 0 Å². The molecule has 0 aromatic heterocycles. The van der Waals surface area contributed by atoms with Gasteiger partial charge in [-0.2, -0.15) is 0 Å². The first-order valence-corrected chi connectivity index (χ1v) is 6.39. The SMILES string of the molecule is CC(N)CCCCC1=CC(N)CCCC1. The van der Waals surface area contributed by atoms with Gasteiger partial charge in [0, 0.05) is 12.1 Å². The molecule has 0 fully saturated rings. The lowest BCUT2D eigenvalue weighted by Crippen LogP contribution is -2.16. The number of rotatable bonds is 5. The van der Waals surface area contributed by atoms with Gasteiger partial charge in [-0.1, -0.05) is 24.5 Å². The van der Waals surface area contributed by atoms with Crippen LogP contribution in [-0.2, 0) is 0 Å². The Hall–Kier alpha value is -0.340. The van der Waals surface area contributed by atoms with Crippen LogP contribution in [0.3, 0.4) is 0 Å². The van der Waals surface area contributed by atoms with E-state index in [0.717, 1.165) is 6.42 Å². The first kappa shape index (κ1) is 12.7. The second-order valence-electron chi connectivity index (χ2n) is 4.96. The van der Waals surface area contributed by atoms with Gasteiger partial charge in [-0.15, -0.1) is 0 Å². The second-order valence-corrected chi connectivity index (χ2v) is 4.96. The fraction of sp³-hybridized carbons (Fsp3) is 0.846. The normalized spacial score (nSPS) is 24.5. The predicted molar refractivity (Wildman–Crippen MR) is 66.6 cm³/mol. The van der Waals surface area contributed by atoms with Crippen molar-refractivity contribution in [2.24, 2.45) is 11.5 Å². The van der Waals surface area contributed by atoms with Gasteiger partial charge in [0.25, 0.3) is 0 Å². The summed E-state index contributed by atoms with van der Waals surface area (Å²) in [7, 11) is 0. The smallest absolute Gasteiger partial charge is 0.0226 e. The molecule has 0 spiro atoms. The molecule has 15 heavy (non-hydrogen) atoms. The Kier molecular flexibility index (Phi) is 5.96. The number of unbranched alkanes of at least 4 members (excludes halogenated alkanes) is 1. The summed E-state index contributed by atoms with van der Waals surface area (Å²) in [4.78, 5) is 0. The van der Waals surface area contributed by atoms with Crippen LogP contribution in [0.15, 0.2) is 11.6 Å². The Bertz CT molecular complexity index is 197. The van der Waals surface area contributed by atoms with Crippen molar-refractivity contribution in [3.8, 4) is 0 Å². The second kappa shape index (κ2) is 7.02. The van der Waals surface area contributed by atoms with Gasteiger partial charge in [0.05, 0.1) is 0 Å². The van der Waals surface area contributed by atoms with E-state index >= 15 is 0 Å². The lowest BCUT2D eigenvalue weighted by Gasteiger charge is -2.08. The van der Waals surface area contributed by atoms with E-state index < -0.39 is 0 Å². The number of hydrogen-bond acceptors (Lipinski definition) is 2. The van der Waals surface area contributed by atoms with Crippen LogP contribution >= 0.6 is 0 Å². The molecule has 1 aliphatic rings. The zero-order valence-corrected chi connectivity index (χ0v) is 10.0. The van der Waals surface area contributed by atoms with Crippen LogP contribution in [0, 0.1) is 0 Å². The lowest BCUT2D eigenvalue weighted by atomic mass is 10.0. The Morgan fingerprint density at radius 2 is 2.20 bits per heavy atom. The van der Waals surface area contributed by atoms with Crippen molar-refractivity contribution in [2.75, 3.05) is 0 Å². The monoisotopic (exact) mass is 210 g/mol. The van der Waals surface area contributed by atoms with Gasteiger partial charge in [0.2, 0.25) is 0 Å². The standard InChI is InChI=1S/C13H26N2/c1-11(14)6-2-3-7-12-8-4-5-9-13(15)10-12/h10-11,13H,2-9,14-15H2,1H3.